The molecule has 1 aliphatic carbocycles. The van der Waals surface area contributed by atoms with Crippen molar-refractivity contribution in [3.8, 4) is 0 Å². The first-order chi connectivity index (χ1) is 12.1. The maximum absolute atomic E-state index is 12.6. The third-order valence-corrected chi connectivity index (χ3v) is 6.06. The molecule has 2 N–H and O–H groups in total. The van der Waals surface area contributed by atoms with Crippen LogP contribution in [0.3, 0.4) is 0 Å². The van der Waals surface area contributed by atoms with Crippen LogP contribution in [0.15, 0.2) is 24.3 Å². The zero-order valence-electron chi connectivity index (χ0n) is 15.5. The fraction of sp³-hybridized carbons (Fsp3) is 0.650. The van der Waals surface area contributed by atoms with Crippen LogP contribution in [0, 0.1) is 5.41 Å². The average Bonchev–Trinajstić information content (AvgIpc) is 3.03. The van der Waals surface area contributed by atoms with E-state index in [0.717, 1.165) is 52.0 Å². The van der Waals surface area contributed by atoms with E-state index in [1.165, 1.54) is 5.69 Å². The van der Waals surface area contributed by atoms with E-state index in [9.17, 15) is 9.90 Å². The van der Waals surface area contributed by atoms with Gasteiger partial charge >= 0.3 is 0 Å². The molecule has 3 rings (SSSR count). The predicted octanol–water partition coefficient (Wildman–Crippen LogP) is 2.11. The van der Waals surface area contributed by atoms with Gasteiger partial charge in [0.15, 0.2) is 0 Å². The molecule has 25 heavy (non-hydrogen) atoms. The summed E-state index contributed by atoms with van der Waals surface area (Å²) in [6.07, 6.45) is 2.98. The van der Waals surface area contributed by atoms with E-state index in [1.54, 1.807) is 0 Å². The van der Waals surface area contributed by atoms with Crippen LogP contribution in [-0.4, -0.2) is 61.3 Å². The normalized spacial score (nSPS) is 27.5. The van der Waals surface area contributed by atoms with Crippen LogP contribution in [0.25, 0.3) is 0 Å². The van der Waals surface area contributed by atoms with E-state index >= 15 is 0 Å². The molecule has 1 saturated carbocycles. The van der Waals surface area contributed by atoms with E-state index in [-0.39, 0.29) is 24.0 Å². The summed E-state index contributed by atoms with van der Waals surface area (Å²) in [7, 11) is 0. The molecular formula is C20H31N3O2. The summed E-state index contributed by atoms with van der Waals surface area (Å²) in [6, 6.07) is 8.00. The Kier molecular flexibility index (Phi) is 5.64. The van der Waals surface area contributed by atoms with Crippen molar-refractivity contribution in [3.63, 3.8) is 0 Å². The second kappa shape index (κ2) is 7.75. The summed E-state index contributed by atoms with van der Waals surface area (Å²) in [5.41, 5.74) is 1.70. The SMILES string of the molecule is CCN1CCN(c2ccc(C(=O)NC3CCCC3(C)CO)cc2)CC1. The minimum absolute atomic E-state index is 0.0334. The number of hydrogen-bond donors (Lipinski definition) is 2. The number of aliphatic hydroxyl groups is 1. The Morgan fingerprint density at radius 1 is 1.24 bits per heavy atom. The number of nitrogens with zero attached hydrogens (tertiary/aromatic N) is 2. The van der Waals surface area contributed by atoms with Gasteiger partial charge in [0, 0.05) is 48.9 Å². The van der Waals surface area contributed by atoms with Crippen LogP contribution in [0.1, 0.15) is 43.5 Å². The third-order valence-electron chi connectivity index (χ3n) is 6.06. The molecule has 2 fully saturated rings. The first-order valence-corrected chi connectivity index (χ1v) is 9.55. The van der Waals surface area contributed by atoms with Gasteiger partial charge < -0.3 is 20.2 Å². The second-order valence-electron chi connectivity index (χ2n) is 7.70. The van der Waals surface area contributed by atoms with Crippen molar-refractivity contribution in [3.05, 3.63) is 29.8 Å². The highest BCUT2D eigenvalue weighted by atomic mass is 16.3. The number of amides is 1. The molecule has 1 heterocycles. The summed E-state index contributed by atoms with van der Waals surface area (Å²) in [6.45, 7) is 9.77. The molecule has 5 heteroatoms. The highest BCUT2D eigenvalue weighted by Crippen LogP contribution is 2.37. The van der Waals surface area contributed by atoms with E-state index < -0.39 is 0 Å². The zero-order valence-corrected chi connectivity index (χ0v) is 15.5. The van der Waals surface area contributed by atoms with Gasteiger partial charge in [-0.15, -0.1) is 0 Å². The average molecular weight is 345 g/mol. The first kappa shape index (κ1) is 18.2. The number of rotatable bonds is 5. The Morgan fingerprint density at radius 2 is 1.92 bits per heavy atom. The van der Waals surface area contributed by atoms with Crippen LogP contribution in [0.5, 0.6) is 0 Å². The monoisotopic (exact) mass is 345 g/mol. The molecule has 1 aromatic rings. The van der Waals surface area contributed by atoms with Crippen LogP contribution < -0.4 is 10.2 Å². The molecule has 0 bridgehead atoms. The Hall–Kier alpha value is -1.59. The van der Waals surface area contributed by atoms with Gasteiger partial charge in [0.05, 0.1) is 6.61 Å². The summed E-state index contributed by atoms with van der Waals surface area (Å²) in [4.78, 5) is 17.4. The first-order valence-electron chi connectivity index (χ1n) is 9.55. The van der Waals surface area contributed by atoms with Gasteiger partial charge in [0.1, 0.15) is 0 Å². The van der Waals surface area contributed by atoms with Gasteiger partial charge in [0.25, 0.3) is 5.91 Å². The van der Waals surface area contributed by atoms with Crippen molar-refractivity contribution in [2.24, 2.45) is 5.41 Å². The van der Waals surface area contributed by atoms with Gasteiger partial charge in [0.2, 0.25) is 0 Å². The van der Waals surface area contributed by atoms with Crippen LogP contribution in [-0.2, 0) is 0 Å². The van der Waals surface area contributed by atoms with E-state index in [2.05, 4.69) is 41.1 Å². The summed E-state index contributed by atoms with van der Waals surface area (Å²) in [5, 5.41) is 12.8. The van der Waals surface area contributed by atoms with Gasteiger partial charge in [-0.3, -0.25) is 4.79 Å². The van der Waals surface area contributed by atoms with Crippen LogP contribution >= 0.6 is 0 Å². The van der Waals surface area contributed by atoms with Crippen molar-refractivity contribution in [2.75, 3.05) is 44.2 Å². The van der Waals surface area contributed by atoms with Crippen molar-refractivity contribution in [1.82, 2.24) is 10.2 Å². The molecular weight excluding hydrogens is 314 g/mol. The largest absolute Gasteiger partial charge is 0.396 e. The Balaban J connectivity index is 1.59. The van der Waals surface area contributed by atoms with Gasteiger partial charge in [-0.25, -0.2) is 0 Å². The fourth-order valence-corrected chi connectivity index (χ4v) is 4.06. The van der Waals surface area contributed by atoms with E-state index in [4.69, 9.17) is 0 Å². The minimum atomic E-state index is -0.186. The number of anilines is 1. The van der Waals surface area contributed by atoms with Gasteiger partial charge in [-0.2, -0.15) is 0 Å². The van der Waals surface area contributed by atoms with Crippen LogP contribution in [0.4, 0.5) is 5.69 Å². The number of carbonyl (C=O) groups is 1. The summed E-state index contributed by atoms with van der Waals surface area (Å²) >= 11 is 0. The number of piperazine rings is 1. The lowest BCUT2D eigenvalue weighted by atomic mass is 9.85. The van der Waals surface area contributed by atoms with Crippen LogP contribution in [0.2, 0.25) is 0 Å². The topological polar surface area (TPSA) is 55.8 Å². The number of hydrogen-bond acceptors (Lipinski definition) is 4. The van der Waals surface area contributed by atoms with E-state index in [0.29, 0.717) is 5.56 Å². The standard InChI is InChI=1S/C20H31N3O2/c1-3-22-11-13-23(14-12-22)17-8-6-16(7-9-17)19(25)21-18-5-4-10-20(18,2)15-24/h6-9,18,24H,3-5,10-15H2,1-2H3,(H,21,25). The molecule has 0 spiro atoms. The molecule has 2 aliphatic rings. The van der Waals surface area contributed by atoms with Gasteiger partial charge in [-0.05, 0) is 43.7 Å². The Bertz CT molecular complexity index is 581. The highest BCUT2D eigenvalue weighted by Gasteiger charge is 2.39. The minimum Gasteiger partial charge on any atom is -0.396 e. The van der Waals surface area contributed by atoms with Crippen molar-refractivity contribution < 1.29 is 9.90 Å². The third kappa shape index (κ3) is 3.98. The quantitative estimate of drug-likeness (QED) is 0.858. The molecule has 2 atom stereocenters. The number of benzene rings is 1. The smallest absolute Gasteiger partial charge is 0.251 e. The lowest BCUT2D eigenvalue weighted by Crippen LogP contribution is -2.46. The summed E-state index contributed by atoms with van der Waals surface area (Å²) < 4.78 is 0. The maximum atomic E-state index is 12.6. The molecule has 0 aromatic heterocycles. The number of carbonyl (C=O) groups excluding carboxylic acids is 1. The summed E-state index contributed by atoms with van der Waals surface area (Å²) in [5.74, 6) is -0.0334. The van der Waals surface area contributed by atoms with Crippen molar-refractivity contribution >= 4 is 11.6 Å². The molecule has 1 aromatic carbocycles. The number of nitrogens with one attached hydrogen (secondary N) is 1. The number of aliphatic hydroxyl groups excluding tert-OH is 1. The van der Waals surface area contributed by atoms with Crippen molar-refractivity contribution in [2.45, 2.75) is 39.2 Å². The van der Waals surface area contributed by atoms with Crippen molar-refractivity contribution in [1.29, 1.82) is 0 Å². The van der Waals surface area contributed by atoms with E-state index in [1.807, 2.05) is 12.1 Å². The highest BCUT2D eigenvalue weighted by molar-refractivity contribution is 5.94. The second-order valence-corrected chi connectivity index (χ2v) is 7.70. The zero-order chi connectivity index (χ0) is 17.9. The Labute approximate surface area is 151 Å². The van der Waals surface area contributed by atoms with Gasteiger partial charge in [-0.1, -0.05) is 20.3 Å². The maximum Gasteiger partial charge on any atom is 0.251 e. The molecule has 138 valence electrons. The Morgan fingerprint density at radius 3 is 2.52 bits per heavy atom. The molecule has 2 unspecified atom stereocenters. The number of likely N-dealkylation sites (N-methyl/N-ethyl adjacent to an activating group) is 1. The molecule has 0 radical (unpaired) electrons. The fourth-order valence-electron chi connectivity index (χ4n) is 4.06. The lowest BCUT2D eigenvalue weighted by Gasteiger charge is -2.35. The lowest BCUT2D eigenvalue weighted by molar-refractivity contribution is 0.0830. The molecule has 5 nitrogen and oxygen atoms in total. The molecule has 1 aliphatic heterocycles. The predicted molar refractivity (Wildman–Crippen MR) is 101 cm³/mol. The molecule has 1 amide bonds. The molecule has 1 saturated heterocycles.